The molecule has 1 aliphatic carbocycles. The number of rotatable bonds is 4. The number of likely N-dealkylation sites (tertiary alicyclic amines) is 1. The highest BCUT2D eigenvalue weighted by Gasteiger charge is 2.46. The van der Waals surface area contributed by atoms with Crippen LogP contribution in [0.3, 0.4) is 0 Å². The van der Waals surface area contributed by atoms with Crippen LogP contribution >= 0.6 is 0 Å². The van der Waals surface area contributed by atoms with Crippen LogP contribution in [0.15, 0.2) is 24.3 Å². The second kappa shape index (κ2) is 4.80. The van der Waals surface area contributed by atoms with Crippen LogP contribution in [0.4, 0.5) is 5.69 Å². The van der Waals surface area contributed by atoms with Gasteiger partial charge in [0.05, 0.1) is 12.1 Å². The molecule has 2 N–H and O–H groups in total. The number of nitrogens with one attached hydrogen (secondary N) is 1. The van der Waals surface area contributed by atoms with Gasteiger partial charge in [-0.05, 0) is 50.8 Å². The number of benzene rings is 1. The summed E-state index contributed by atoms with van der Waals surface area (Å²) in [5, 5.41) is 13.5. The molecule has 0 radical (unpaired) electrons. The third-order valence-electron chi connectivity index (χ3n) is 4.48. The topological polar surface area (TPSA) is 35.5 Å². The van der Waals surface area contributed by atoms with E-state index in [2.05, 4.69) is 48.3 Å². The van der Waals surface area contributed by atoms with E-state index in [9.17, 15) is 5.11 Å². The predicted molar refractivity (Wildman–Crippen MR) is 78.4 cm³/mol. The Labute approximate surface area is 115 Å². The maximum absolute atomic E-state index is 9.90. The van der Waals surface area contributed by atoms with E-state index in [0.717, 1.165) is 24.7 Å². The number of hydrogen-bond donors (Lipinski definition) is 2. The number of hydrogen-bond acceptors (Lipinski definition) is 3. The van der Waals surface area contributed by atoms with Gasteiger partial charge in [0.15, 0.2) is 0 Å². The molecule has 1 heterocycles. The first kappa shape index (κ1) is 12.9. The van der Waals surface area contributed by atoms with Crippen molar-refractivity contribution in [2.75, 3.05) is 18.5 Å². The van der Waals surface area contributed by atoms with Gasteiger partial charge in [-0.2, -0.15) is 0 Å². The molecule has 2 atom stereocenters. The number of anilines is 1. The molecule has 0 aromatic heterocycles. The van der Waals surface area contributed by atoms with Crippen LogP contribution in [0.2, 0.25) is 0 Å². The Morgan fingerprint density at radius 1 is 1.42 bits per heavy atom. The highest BCUT2D eigenvalue weighted by atomic mass is 16.3. The van der Waals surface area contributed by atoms with E-state index in [1.165, 1.54) is 18.4 Å². The largest absolute Gasteiger partial charge is 0.394 e. The lowest BCUT2D eigenvalue weighted by atomic mass is 9.96. The maximum atomic E-state index is 9.90. The maximum Gasteiger partial charge on any atom is 0.0745 e. The van der Waals surface area contributed by atoms with Crippen LogP contribution in [0.5, 0.6) is 0 Å². The minimum atomic E-state index is -0.171. The van der Waals surface area contributed by atoms with Crippen molar-refractivity contribution in [1.29, 1.82) is 0 Å². The first-order valence-electron chi connectivity index (χ1n) is 7.33. The van der Waals surface area contributed by atoms with E-state index in [1.807, 2.05) is 0 Å². The molecule has 1 saturated carbocycles. The van der Waals surface area contributed by atoms with Crippen LogP contribution in [0, 0.1) is 6.92 Å². The van der Waals surface area contributed by atoms with E-state index in [4.69, 9.17) is 0 Å². The fraction of sp³-hybridized carbons (Fsp3) is 0.625. The Morgan fingerprint density at radius 2 is 2.21 bits per heavy atom. The minimum Gasteiger partial charge on any atom is -0.394 e. The summed E-state index contributed by atoms with van der Waals surface area (Å²) >= 11 is 0. The summed E-state index contributed by atoms with van der Waals surface area (Å²) in [4.78, 5) is 2.57. The Morgan fingerprint density at radius 3 is 2.84 bits per heavy atom. The molecule has 2 fully saturated rings. The van der Waals surface area contributed by atoms with E-state index in [0.29, 0.717) is 6.04 Å². The second-order valence-corrected chi connectivity index (χ2v) is 6.39. The number of aryl methyl sites for hydroxylation is 1. The summed E-state index contributed by atoms with van der Waals surface area (Å²) in [6, 6.07) is 9.75. The third-order valence-corrected chi connectivity index (χ3v) is 4.48. The van der Waals surface area contributed by atoms with Crippen LogP contribution in [-0.4, -0.2) is 40.8 Å². The van der Waals surface area contributed by atoms with Gasteiger partial charge < -0.3 is 10.4 Å². The molecule has 104 valence electrons. The van der Waals surface area contributed by atoms with Gasteiger partial charge in [-0.15, -0.1) is 0 Å². The molecule has 3 heteroatoms. The lowest BCUT2D eigenvalue weighted by Gasteiger charge is -2.30. The van der Waals surface area contributed by atoms with E-state index in [-0.39, 0.29) is 12.1 Å². The molecule has 0 spiro atoms. The lowest BCUT2D eigenvalue weighted by molar-refractivity contribution is 0.201. The first-order chi connectivity index (χ1) is 9.12. The summed E-state index contributed by atoms with van der Waals surface area (Å²) < 4.78 is 0. The average molecular weight is 260 g/mol. The van der Waals surface area contributed by atoms with Gasteiger partial charge in [0.2, 0.25) is 0 Å². The molecule has 2 aliphatic rings. The van der Waals surface area contributed by atoms with Crippen molar-refractivity contribution in [2.45, 2.75) is 50.7 Å². The van der Waals surface area contributed by atoms with Gasteiger partial charge in [0.25, 0.3) is 0 Å². The highest BCUT2D eigenvalue weighted by molar-refractivity contribution is 5.48. The monoisotopic (exact) mass is 260 g/mol. The molecule has 1 aromatic rings. The third kappa shape index (κ3) is 2.63. The molecule has 3 nitrogen and oxygen atoms in total. The number of aliphatic hydroxyl groups is 1. The van der Waals surface area contributed by atoms with Gasteiger partial charge >= 0.3 is 0 Å². The zero-order valence-electron chi connectivity index (χ0n) is 11.9. The Hall–Kier alpha value is -1.06. The van der Waals surface area contributed by atoms with Crippen molar-refractivity contribution >= 4 is 5.69 Å². The van der Waals surface area contributed by atoms with Crippen molar-refractivity contribution in [2.24, 2.45) is 0 Å². The molecule has 19 heavy (non-hydrogen) atoms. The Kier molecular flexibility index (Phi) is 3.27. The number of nitrogens with zero attached hydrogens (tertiary/aromatic N) is 1. The van der Waals surface area contributed by atoms with E-state index >= 15 is 0 Å². The van der Waals surface area contributed by atoms with Gasteiger partial charge in [-0.25, -0.2) is 0 Å². The Bertz CT molecular complexity index is 458. The van der Waals surface area contributed by atoms with Crippen molar-refractivity contribution in [3.05, 3.63) is 29.8 Å². The normalized spacial score (nSPS) is 31.6. The van der Waals surface area contributed by atoms with Crippen LogP contribution in [0.25, 0.3) is 0 Å². The highest BCUT2D eigenvalue weighted by Crippen LogP contribution is 2.38. The fourth-order valence-electron chi connectivity index (χ4n) is 3.42. The van der Waals surface area contributed by atoms with E-state index in [1.54, 1.807) is 0 Å². The molecule has 1 saturated heterocycles. The van der Waals surface area contributed by atoms with E-state index < -0.39 is 0 Å². The quantitative estimate of drug-likeness (QED) is 0.872. The first-order valence-corrected chi connectivity index (χ1v) is 7.33. The summed E-state index contributed by atoms with van der Waals surface area (Å²) in [6.45, 7) is 5.55. The standard InChI is InChI=1S/C16H24N2O/c1-12-4-3-5-14(8-12)17-16(11-19)9-13(2)18(10-16)15-6-7-15/h3-5,8,13,15,17,19H,6-7,9-11H2,1-2H3. The van der Waals surface area contributed by atoms with Crippen LogP contribution in [0.1, 0.15) is 31.7 Å². The molecule has 3 rings (SSSR count). The smallest absolute Gasteiger partial charge is 0.0745 e. The molecule has 0 bridgehead atoms. The fourth-order valence-corrected chi connectivity index (χ4v) is 3.42. The Balaban J connectivity index is 1.76. The predicted octanol–water partition coefficient (Wildman–Crippen LogP) is 2.39. The van der Waals surface area contributed by atoms with Crippen LogP contribution < -0.4 is 5.32 Å². The minimum absolute atomic E-state index is 0.171. The van der Waals surface area contributed by atoms with Gasteiger partial charge in [-0.1, -0.05) is 12.1 Å². The van der Waals surface area contributed by atoms with Gasteiger partial charge in [0, 0.05) is 24.3 Å². The molecule has 1 aromatic carbocycles. The zero-order chi connectivity index (χ0) is 13.5. The lowest BCUT2D eigenvalue weighted by Crippen LogP contribution is -2.45. The van der Waals surface area contributed by atoms with Crippen molar-refractivity contribution < 1.29 is 5.11 Å². The summed E-state index contributed by atoms with van der Waals surface area (Å²) in [7, 11) is 0. The van der Waals surface area contributed by atoms with Crippen molar-refractivity contribution in [3.63, 3.8) is 0 Å². The summed E-state index contributed by atoms with van der Waals surface area (Å²) in [5.74, 6) is 0. The molecule has 2 unspecified atom stereocenters. The number of aliphatic hydroxyl groups excluding tert-OH is 1. The molecular weight excluding hydrogens is 236 g/mol. The van der Waals surface area contributed by atoms with Crippen LogP contribution in [-0.2, 0) is 0 Å². The summed E-state index contributed by atoms with van der Waals surface area (Å²) in [5.41, 5.74) is 2.21. The molecule has 0 amide bonds. The average Bonchev–Trinajstić information content (AvgIpc) is 3.15. The van der Waals surface area contributed by atoms with Gasteiger partial charge in [-0.3, -0.25) is 4.90 Å². The van der Waals surface area contributed by atoms with Gasteiger partial charge in [0.1, 0.15) is 0 Å². The van der Waals surface area contributed by atoms with Crippen molar-refractivity contribution in [1.82, 2.24) is 4.90 Å². The molecule has 1 aliphatic heterocycles. The van der Waals surface area contributed by atoms with Crippen molar-refractivity contribution in [3.8, 4) is 0 Å². The zero-order valence-corrected chi connectivity index (χ0v) is 11.9. The molecular formula is C16H24N2O. The summed E-state index contributed by atoms with van der Waals surface area (Å²) in [6.07, 6.45) is 3.68. The SMILES string of the molecule is Cc1cccc(NC2(CO)CC(C)N(C3CC3)C2)c1. The second-order valence-electron chi connectivity index (χ2n) is 6.39.